The Labute approximate surface area is 151 Å². The second-order valence-electron chi connectivity index (χ2n) is 6.27. The Kier molecular flexibility index (Phi) is 3.12. The van der Waals surface area contributed by atoms with E-state index in [0.29, 0.717) is 16.6 Å². The summed E-state index contributed by atoms with van der Waals surface area (Å²) in [6, 6.07) is 13.2. The van der Waals surface area contributed by atoms with Gasteiger partial charge in [0, 0.05) is 16.7 Å². The molecule has 0 saturated heterocycles. The van der Waals surface area contributed by atoms with Crippen molar-refractivity contribution in [2.45, 2.75) is 0 Å². The number of halogens is 2. The molecule has 1 N–H and O–H groups in total. The Hall–Kier alpha value is -3.67. The zero-order valence-electron chi connectivity index (χ0n) is 13.7. The van der Waals surface area contributed by atoms with Crippen LogP contribution in [-0.2, 0) is 0 Å². The fourth-order valence-corrected chi connectivity index (χ4v) is 3.50. The number of carbonyl (C=O) groups excluding carboxylic acids is 2. The van der Waals surface area contributed by atoms with E-state index in [0.717, 1.165) is 12.1 Å². The molecule has 0 amide bonds. The molecule has 27 heavy (non-hydrogen) atoms. The van der Waals surface area contributed by atoms with Crippen LogP contribution in [0, 0.1) is 11.6 Å². The number of nitrogens with one attached hydrogen (secondary N) is 1. The van der Waals surface area contributed by atoms with E-state index in [1.807, 2.05) is 0 Å². The third-order valence-electron chi connectivity index (χ3n) is 4.74. The van der Waals surface area contributed by atoms with E-state index < -0.39 is 11.6 Å². The van der Waals surface area contributed by atoms with E-state index in [1.165, 1.54) is 12.1 Å². The molecule has 0 bridgehead atoms. The number of carbonyl (C=O) groups is 2. The highest BCUT2D eigenvalue weighted by molar-refractivity contribution is 6.31. The minimum Gasteiger partial charge on any atom is -0.338 e. The Bertz CT molecular complexity index is 1270. The van der Waals surface area contributed by atoms with E-state index in [4.69, 9.17) is 0 Å². The Balaban J connectivity index is 1.80. The number of aromatic amines is 1. The van der Waals surface area contributed by atoms with Gasteiger partial charge < -0.3 is 4.98 Å². The van der Waals surface area contributed by atoms with Crippen LogP contribution in [0.4, 0.5) is 8.78 Å². The summed E-state index contributed by atoms with van der Waals surface area (Å²) in [7, 11) is 0. The molecule has 4 aromatic rings. The summed E-state index contributed by atoms with van der Waals surface area (Å²) >= 11 is 0. The largest absolute Gasteiger partial charge is 0.338 e. The van der Waals surface area contributed by atoms with E-state index in [9.17, 15) is 18.4 Å². The number of ketones is 2. The van der Waals surface area contributed by atoms with E-state index in [-0.39, 0.29) is 39.6 Å². The predicted octanol–water partition coefficient (Wildman–Crippen LogP) is 4.28. The van der Waals surface area contributed by atoms with Gasteiger partial charge in [0.05, 0.1) is 16.6 Å². The van der Waals surface area contributed by atoms with Crippen LogP contribution in [0.25, 0.3) is 22.4 Å². The summed E-state index contributed by atoms with van der Waals surface area (Å²) in [5, 5.41) is 0. The molecule has 130 valence electrons. The first-order chi connectivity index (χ1) is 13.1. The van der Waals surface area contributed by atoms with Crippen molar-refractivity contribution in [3.63, 3.8) is 0 Å². The number of aromatic nitrogens is 2. The predicted molar refractivity (Wildman–Crippen MR) is 94.8 cm³/mol. The van der Waals surface area contributed by atoms with Crippen molar-refractivity contribution in [3.8, 4) is 11.4 Å². The molecule has 1 aliphatic rings. The fraction of sp³-hybridized carbons (Fsp3) is 0. The number of nitrogens with zero attached hydrogens (tertiary/aromatic N) is 1. The lowest BCUT2D eigenvalue weighted by atomic mass is 9.83. The third kappa shape index (κ3) is 2.10. The SMILES string of the molecule is O=C1c2ccccc2C(=O)c2c1ccc1[nH]c(-c3c(F)cccc3F)nc21. The van der Waals surface area contributed by atoms with E-state index >= 15 is 0 Å². The van der Waals surface area contributed by atoms with Gasteiger partial charge in [0.1, 0.15) is 23.0 Å². The standard InChI is InChI=1S/C21H10F2N2O2/c22-13-6-3-7-14(23)17(13)21-24-15-9-8-12-16(18(15)25-21)20(27)11-5-2-1-4-10(11)19(12)26/h1-9H,(H,24,25). The van der Waals surface area contributed by atoms with E-state index in [1.54, 1.807) is 30.3 Å². The minimum absolute atomic E-state index is 0.0342. The smallest absolute Gasteiger partial charge is 0.196 e. The molecule has 0 atom stereocenters. The lowest BCUT2D eigenvalue weighted by Crippen LogP contribution is -2.21. The lowest BCUT2D eigenvalue weighted by Gasteiger charge is -2.17. The molecule has 1 aliphatic carbocycles. The summed E-state index contributed by atoms with van der Waals surface area (Å²) in [5.41, 5.74) is 1.35. The van der Waals surface area contributed by atoms with Crippen LogP contribution in [-0.4, -0.2) is 21.5 Å². The average molecular weight is 360 g/mol. The molecule has 3 aromatic carbocycles. The van der Waals surface area contributed by atoms with Gasteiger partial charge in [0.25, 0.3) is 0 Å². The number of rotatable bonds is 1. The Morgan fingerprint density at radius 3 is 2.07 bits per heavy atom. The molecular formula is C21H10F2N2O2. The summed E-state index contributed by atoms with van der Waals surface area (Å²) < 4.78 is 28.2. The second-order valence-corrected chi connectivity index (χ2v) is 6.27. The Morgan fingerprint density at radius 2 is 1.37 bits per heavy atom. The van der Waals surface area contributed by atoms with Crippen LogP contribution < -0.4 is 0 Å². The van der Waals surface area contributed by atoms with Crippen molar-refractivity contribution in [2.24, 2.45) is 0 Å². The monoisotopic (exact) mass is 360 g/mol. The maximum absolute atomic E-state index is 14.1. The highest BCUT2D eigenvalue weighted by atomic mass is 19.1. The zero-order chi connectivity index (χ0) is 18.7. The molecule has 0 unspecified atom stereocenters. The lowest BCUT2D eigenvalue weighted by molar-refractivity contribution is 0.0980. The second kappa shape index (κ2) is 5.41. The van der Waals surface area contributed by atoms with Crippen molar-refractivity contribution in [3.05, 3.63) is 88.5 Å². The first kappa shape index (κ1) is 15.6. The number of benzene rings is 3. The average Bonchev–Trinajstić information content (AvgIpc) is 3.09. The molecule has 6 heteroatoms. The summed E-state index contributed by atoms with van der Waals surface area (Å²) in [5.74, 6) is -2.18. The van der Waals surface area contributed by atoms with Crippen molar-refractivity contribution >= 4 is 22.6 Å². The number of imidazole rings is 1. The number of fused-ring (bicyclic) bond motifs is 4. The van der Waals surface area contributed by atoms with Gasteiger partial charge in [0.15, 0.2) is 11.6 Å². The minimum atomic E-state index is -0.768. The number of hydrogen-bond donors (Lipinski definition) is 1. The van der Waals surface area contributed by atoms with Crippen molar-refractivity contribution in [1.29, 1.82) is 0 Å². The number of hydrogen-bond acceptors (Lipinski definition) is 3. The van der Waals surface area contributed by atoms with Gasteiger partial charge >= 0.3 is 0 Å². The molecule has 4 nitrogen and oxygen atoms in total. The first-order valence-corrected chi connectivity index (χ1v) is 8.22. The molecule has 1 heterocycles. The highest BCUT2D eigenvalue weighted by Gasteiger charge is 2.32. The van der Waals surface area contributed by atoms with Gasteiger partial charge in [0.2, 0.25) is 0 Å². The maximum Gasteiger partial charge on any atom is 0.196 e. The van der Waals surface area contributed by atoms with Crippen LogP contribution in [0.3, 0.4) is 0 Å². The van der Waals surface area contributed by atoms with Gasteiger partial charge in [-0.05, 0) is 24.3 Å². The Morgan fingerprint density at radius 1 is 0.704 bits per heavy atom. The summed E-state index contributed by atoms with van der Waals surface area (Å²) in [6.07, 6.45) is 0. The fourth-order valence-electron chi connectivity index (χ4n) is 3.50. The van der Waals surface area contributed by atoms with Crippen LogP contribution >= 0.6 is 0 Å². The van der Waals surface area contributed by atoms with Crippen LogP contribution in [0.1, 0.15) is 31.8 Å². The van der Waals surface area contributed by atoms with Crippen molar-refractivity contribution in [2.75, 3.05) is 0 Å². The molecule has 0 fully saturated rings. The zero-order valence-corrected chi connectivity index (χ0v) is 13.7. The summed E-state index contributed by atoms with van der Waals surface area (Å²) in [4.78, 5) is 32.9. The molecule has 0 spiro atoms. The number of H-pyrrole nitrogens is 1. The quantitative estimate of drug-likeness (QED) is 0.485. The van der Waals surface area contributed by atoms with Gasteiger partial charge in [-0.3, -0.25) is 9.59 Å². The topological polar surface area (TPSA) is 62.8 Å². The summed E-state index contributed by atoms with van der Waals surface area (Å²) in [6.45, 7) is 0. The molecule has 0 radical (unpaired) electrons. The van der Waals surface area contributed by atoms with Crippen molar-refractivity contribution in [1.82, 2.24) is 9.97 Å². The first-order valence-electron chi connectivity index (χ1n) is 8.22. The molecule has 0 saturated carbocycles. The van der Waals surface area contributed by atoms with Crippen LogP contribution in [0.15, 0.2) is 54.6 Å². The molecule has 1 aromatic heterocycles. The van der Waals surface area contributed by atoms with Gasteiger partial charge in [-0.15, -0.1) is 0 Å². The van der Waals surface area contributed by atoms with Gasteiger partial charge in [-0.25, -0.2) is 13.8 Å². The normalized spacial score (nSPS) is 13.0. The molecular weight excluding hydrogens is 350 g/mol. The van der Waals surface area contributed by atoms with E-state index in [2.05, 4.69) is 9.97 Å². The van der Waals surface area contributed by atoms with Gasteiger partial charge in [-0.1, -0.05) is 30.3 Å². The molecule has 5 rings (SSSR count). The highest BCUT2D eigenvalue weighted by Crippen LogP contribution is 2.33. The van der Waals surface area contributed by atoms with Crippen LogP contribution in [0.2, 0.25) is 0 Å². The van der Waals surface area contributed by atoms with Crippen molar-refractivity contribution < 1.29 is 18.4 Å². The maximum atomic E-state index is 14.1. The van der Waals surface area contributed by atoms with Gasteiger partial charge in [-0.2, -0.15) is 0 Å². The molecule has 0 aliphatic heterocycles. The third-order valence-corrected chi connectivity index (χ3v) is 4.74. The van der Waals surface area contributed by atoms with Crippen LogP contribution in [0.5, 0.6) is 0 Å².